The molecule has 146 valence electrons. The average molecular weight is 399 g/mol. The van der Waals surface area contributed by atoms with Gasteiger partial charge in [0.25, 0.3) is 0 Å². The minimum absolute atomic E-state index is 0. The van der Waals surface area contributed by atoms with E-state index in [-0.39, 0.29) is 30.3 Å². The normalized spacial score (nSPS) is 12.3. The van der Waals surface area contributed by atoms with Crippen molar-refractivity contribution >= 4 is 11.9 Å². The topological polar surface area (TPSA) is 186 Å². The predicted octanol–water partition coefficient (Wildman–Crippen LogP) is -2.14. The minimum Gasteiger partial charge on any atom is -0.479 e. The molecule has 0 saturated heterocycles. The fourth-order valence-electron chi connectivity index (χ4n) is 0.967. The second-order valence-electron chi connectivity index (χ2n) is 4.21. The number of carbonyl (C=O) groups is 2. The third-order valence-electron chi connectivity index (χ3n) is 2.23. The number of nitrogens with one attached hydrogen (secondary N) is 1. The zero-order valence-corrected chi connectivity index (χ0v) is 14.1. The van der Waals surface area contributed by atoms with Crippen LogP contribution in [0.25, 0.3) is 0 Å². The van der Waals surface area contributed by atoms with Gasteiger partial charge in [-0.1, -0.05) is 5.64 Å². The largest absolute Gasteiger partial charge is 0.479 e. The Morgan fingerprint density at radius 1 is 0.792 bits per heavy atom. The molecular weight excluding hydrogens is 374 g/mol. The number of hydrogen-bond donors (Lipinski definition) is 7. The van der Waals surface area contributed by atoms with Crippen molar-refractivity contribution in [1.29, 1.82) is 0 Å². The molecule has 0 aliphatic carbocycles. The second kappa shape index (κ2) is 20.2. The van der Waals surface area contributed by atoms with Gasteiger partial charge in [0.1, 0.15) is 0 Å². The number of unbranched alkanes of at least 4 members (excludes halogenated alkanes) is 2. The Labute approximate surface area is 149 Å². The first-order valence-electron chi connectivity index (χ1n) is 6.90. The van der Waals surface area contributed by atoms with E-state index in [9.17, 15) is 9.59 Å². The zero-order valence-electron chi connectivity index (χ0n) is 13.0. The molecule has 0 amide bonds. The van der Waals surface area contributed by atoms with Gasteiger partial charge in [-0.3, -0.25) is 9.68 Å². The molecule has 0 aromatic rings. The number of aliphatic hydroxyl groups is 4. The Kier molecular flexibility index (Phi) is 23.6. The predicted molar refractivity (Wildman–Crippen MR) is 75.0 cm³/mol. The summed E-state index contributed by atoms with van der Waals surface area (Å²) in [5.41, 5.74) is 2.34. The van der Waals surface area contributed by atoms with Crippen molar-refractivity contribution in [3.63, 3.8) is 0 Å². The number of carboxylic acids is 2. The molecule has 0 aliphatic rings. The fraction of sp³-hybridized carbons (Fsp3) is 0.833. The van der Waals surface area contributed by atoms with Crippen LogP contribution < -0.4 is 5.64 Å². The Hall–Kier alpha value is -0.821. The fourth-order valence-corrected chi connectivity index (χ4v) is 0.967. The van der Waals surface area contributed by atoms with E-state index in [0.29, 0.717) is 13.2 Å². The Balaban J connectivity index is -0.000000364. The van der Waals surface area contributed by atoms with Crippen LogP contribution >= 0.6 is 0 Å². The monoisotopic (exact) mass is 399 g/mol. The summed E-state index contributed by atoms with van der Waals surface area (Å²) < 4.78 is 0. The van der Waals surface area contributed by atoms with Crippen molar-refractivity contribution in [2.45, 2.75) is 37.9 Å². The van der Waals surface area contributed by atoms with E-state index in [1.807, 2.05) is 0 Å². The summed E-state index contributed by atoms with van der Waals surface area (Å²) in [4.78, 5) is 29.3. The Bertz CT molecular complexity index is 280. The molecule has 0 spiro atoms. The van der Waals surface area contributed by atoms with Crippen LogP contribution in [0.4, 0.5) is 0 Å². The van der Waals surface area contributed by atoms with Crippen molar-refractivity contribution in [3.8, 4) is 0 Å². The molecule has 2 unspecified atom stereocenters. The summed E-state index contributed by atoms with van der Waals surface area (Å²) in [5.74, 6) is -3.54. The zero-order chi connectivity index (χ0) is 18.1. The van der Waals surface area contributed by atoms with Crippen molar-refractivity contribution in [2.24, 2.45) is 0 Å². The summed E-state index contributed by atoms with van der Waals surface area (Å²) in [6.07, 6.45) is -1.43. The quantitative estimate of drug-likeness (QED) is 0.102. The van der Waals surface area contributed by atoms with Gasteiger partial charge >= 0.3 is 11.9 Å². The van der Waals surface area contributed by atoms with E-state index in [4.69, 9.17) is 40.3 Å². The van der Waals surface area contributed by atoms with Crippen molar-refractivity contribution in [3.05, 3.63) is 0 Å². The summed E-state index contributed by atoms with van der Waals surface area (Å²) in [6.45, 7) is 1.45. The molecular formula is C12H25FeNO10. The van der Waals surface area contributed by atoms with E-state index in [1.54, 1.807) is 0 Å². The van der Waals surface area contributed by atoms with Gasteiger partial charge in [-0.05, 0) is 25.7 Å². The molecule has 0 aliphatic heterocycles. The van der Waals surface area contributed by atoms with Gasteiger partial charge in [0, 0.05) is 30.3 Å². The van der Waals surface area contributed by atoms with Crippen LogP contribution in [0, 0.1) is 0 Å². The van der Waals surface area contributed by atoms with Gasteiger partial charge in [0.05, 0.1) is 13.2 Å². The van der Waals surface area contributed by atoms with Crippen LogP contribution in [0.3, 0.4) is 0 Å². The number of aliphatic carboxylic acids is 2. The smallest absolute Gasteiger partial charge is 0.335 e. The number of carboxylic acid groups (broad SMARTS) is 2. The van der Waals surface area contributed by atoms with Gasteiger partial charge < -0.3 is 30.6 Å². The molecule has 2 atom stereocenters. The molecule has 0 heterocycles. The van der Waals surface area contributed by atoms with E-state index in [1.165, 1.54) is 0 Å². The maximum Gasteiger partial charge on any atom is 0.335 e. The average Bonchev–Trinajstić information content (AvgIpc) is 2.52. The van der Waals surface area contributed by atoms with Gasteiger partial charge in [-0.25, -0.2) is 9.59 Å². The standard InChI is InChI=1S/C8H19NO4.C4H6O6.Fe/c10-5-1-3-7-12-9-13-8-4-2-6-11;5-1(3(7)8)2(6)4(9)10;/h9-11H,1-8H2;1-2,5-6H,(H,7,8)(H,9,10);. The van der Waals surface area contributed by atoms with Gasteiger partial charge in [-0.2, -0.15) is 0 Å². The van der Waals surface area contributed by atoms with E-state index < -0.39 is 24.1 Å². The molecule has 0 radical (unpaired) electrons. The molecule has 11 nitrogen and oxygen atoms in total. The SMILES string of the molecule is O=C(O)C(O)C(O)C(=O)O.OCCCCONOCCCCO.[Fe]. The van der Waals surface area contributed by atoms with E-state index in [2.05, 4.69) is 5.64 Å². The molecule has 0 bridgehead atoms. The van der Waals surface area contributed by atoms with E-state index in [0.717, 1.165) is 25.7 Å². The summed E-state index contributed by atoms with van der Waals surface area (Å²) in [5, 5.41) is 49.4. The van der Waals surface area contributed by atoms with Gasteiger partial charge in [-0.15, -0.1) is 0 Å². The van der Waals surface area contributed by atoms with Crippen LogP contribution in [0.15, 0.2) is 0 Å². The molecule has 0 aromatic heterocycles. The number of hydrogen-bond acceptors (Lipinski definition) is 9. The van der Waals surface area contributed by atoms with Crippen LogP contribution in [-0.2, 0) is 36.3 Å². The van der Waals surface area contributed by atoms with Crippen molar-refractivity contribution in [2.75, 3.05) is 26.4 Å². The van der Waals surface area contributed by atoms with Gasteiger partial charge in [0.15, 0.2) is 12.2 Å². The molecule has 0 saturated carbocycles. The summed E-state index contributed by atoms with van der Waals surface area (Å²) in [7, 11) is 0. The molecule has 0 fully saturated rings. The summed E-state index contributed by atoms with van der Waals surface area (Å²) >= 11 is 0. The maximum atomic E-state index is 9.77. The maximum absolute atomic E-state index is 9.77. The van der Waals surface area contributed by atoms with Crippen molar-refractivity contribution in [1.82, 2.24) is 5.64 Å². The van der Waals surface area contributed by atoms with Gasteiger partial charge in [0.2, 0.25) is 0 Å². The van der Waals surface area contributed by atoms with Crippen LogP contribution in [0.2, 0.25) is 0 Å². The van der Waals surface area contributed by atoms with E-state index >= 15 is 0 Å². The first-order valence-corrected chi connectivity index (χ1v) is 6.90. The molecule has 24 heavy (non-hydrogen) atoms. The number of rotatable bonds is 13. The molecule has 12 heteroatoms. The van der Waals surface area contributed by atoms with Crippen LogP contribution in [0.5, 0.6) is 0 Å². The first-order chi connectivity index (χ1) is 10.9. The first kappa shape index (κ1) is 28.0. The molecule has 0 aromatic carbocycles. The second-order valence-corrected chi connectivity index (χ2v) is 4.21. The van der Waals surface area contributed by atoms with Crippen LogP contribution in [0.1, 0.15) is 25.7 Å². The minimum atomic E-state index is -2.27. The molecule has 7 N–H and O–H groups in total. The number of aliphatic hydroxyl groups excluding tert-OH is 4. The Morgan fingerprint density at radius 3 is 1.38 bits per heavy atom. The van der Waals surface area contributed by atoms with Crippen LogP contribution in [-0.4, -0.2) is 81.2 Å². The third-order valence-corrected chi connectivity index (χ3v) is 2.23. The third kappa shape index (κ3) is 19.2. The summed E-state index contributed by atoms with van der Waals surface area (Å²) in [6, 6.07) is 0. The van der Waals surface area contributed by atoms with Crippen molar-refractivity contribution < 1.29 is 67.0 Å². The Morgan fingerprint density at radius 2 is 1.12 bits per heavy atom. The molecule has 0 rings (SSSR count).